The number of carbonyl (C=O) groups is 1. The molecule has 6 aliphatic rings. The van der Waals surface area contributed by atoms with Gasteiger partial charge in [0, 0.05) is 11.8 Å². The maximum absolute atomic E-state index is 13.4. The lowest BCUT2D eigenvalue weighted by Gasteiger charge is -2.56. The second-order valence-corrected chi connectivity index (χ2v) is 11.2. The molecule has 0 amide bonds. The van der Waals surface area contributed by atoms with Crippen molar-refractivity contribution >= 4 is 5.78 Å². The van der Waals surface area contributed by atoms with Crippen LogP contribution in [0.2, 0.25) is 0 Å². The summed E-state index contributed by atoms with van der Waals surface area (Å²) in [7, 11) is 0. The van der Waals surface area contributed by atoms with Gasteiger partial charge in [-0.15, -0.1) is 0 Å². The summed E-state index contributed by atoms with van der Waals surface area (Å²) in [5, 5.41) is 0. The van der Waals surface area contributed by atoms with E-state index in [2.05, 4.69) is 0 Å². The van der Waals surface area contributed by atoms with E-state index in [0.29, 0.717) is 11.8 Å². The zero-order valence-electron chi connectivity index (χ0n) is 16.6. The van der Waals surface area contributed by atoms with Crippen molar-refractivity contribution in [2.75, 3.05) is 0 Å². The first-order chi connectivity index (χ1) is 12.8. The molecular formula is C25H38O. The van der Waals surface area contributed by atoms with Crippen LogP contribution in [-0.2, 0) is 4.79 Å². The minimum Gasteiger partial charge on any atom is -0.299 e. The second-order valence-electron chi connectivity index (χ2n) is 11.2. The van der Waals surface area contributed by atoms with Gasteiger partial charge in [-0.2, -0.15) is 0 Å². The normalized spacial score (nSPS) is 55.9. The van der Waals surface area contributed by atoms with Gasteiger partial charge in [-0.05, 0) is 98.7 Å². The van der Waals surface area contributed by atoms with Gasteiger partial charge in [0.2, 0.25) is 0 Å². The summed E-state index contributed by atoms with van der Waals surface area (Å²) in [6, 6.07) is 0. The molecule has 0 aromatic heterocycles. The molecule has 1 nitrogen and oxygen atoms in total. The summed E-state index contributed by atoms with van der Waals surface area (Å²) in [6.45, 7) is 0. The third-order valence-corrected chi connectivity index (χ3v) is 10.6. The van der Waals surface area contributed by atoms with Crippen LogP contribution in [0.1, 0.15) is 89.9 Å². The first kappa shape index (κ1) is 16.6. The fourth-order valence-electron chi connectivity index (χ4n) is 10.1. The lowest BCUT2D eigenvalue weighted by Crippen LogP contribution is -2.50. The fourth-order valence-corrected chi connectivity index (χ4v) is 10.1. The number of rotatable bonds is 0. The van der Waals surface area contributed by atoms with E-state index in [0.717, 1.165) is 53.1 Å². The summed E-state index contributed by atoms with van der Waals surface area (Å²) in [6.07, 6.45) is 20.2. The Morgan fingerprint density at radius 3 is 1.19 bits per heavy atom. The standard InChI is InChI=1S/C25H38O/c26-25-21-13-5-11-19-17-9-3-1-7-15(17)16-8-2-4-10-18(16)20-12-6-14-22(25)24(20)23(19)21/h15-24H,1-14H2. The molecule has 0 radical (unpaired) electrons. The molecule has 0 aliphatic heterocycles. The van der Waals surface area contributed by atoms with E-state index in [1.807, 2.05) is 0 Å². The van der Waals surface area contributed by atoms with Crippen LogP contribution in [0.3, 0.4) is 0 Å². The van der Waals surface area contributed by atoms with E-state index in [4.69, 9.17) is 0 Å². The number of Topliss-reactive ketones (excluding diaryl/α,β-unsaturated/α-hetero) is 1. The molecule has 6 fully saturated rings. The van der Waals surface area contributed by atoms with Crippen LogP contribution in [0.4, 0.5) is 0 Å². The Balaban J connectivity index is 1.47. The Morgan fingerprint density at radius 1 is 0.423 bits per heavy atom. The number of hydrogen-bond donors (Lipinski definition) is 0. The van der Waals surface area contributed by atoms with Crippen molar-refractivity contribution in [3.05, 3.63) is 0 Å². The molecule has 144 valence electrons. The molecule has 0 saturated heterocycles. The van der Waals surface area contributed by atoms with Crippen molar-refractivity contribution in [1.82, 2.24) is 0 Å². The molecule has 10 atom stereocenters. The second kappa shape index (κ2) is 6.35. The Morgan fingerprint density at radius 2 is 0.769 bits per heavy atom. The van der Waals surface area contributed by atoms with Gasteiger partial charge in [-0.25, -0.2) is 0 Å². The lowest BCUT2D eigenvalue weighted by atomic mass is 9.48. The van der Waals surface area contributed by atoms with Gasteiger partial charge >= 0.3 is 0 Å². The van der Waals surface area contributed by atoms with E-state index in [1.54, 1.807) is 0 Å². The van der Waals surface area contributed by atoms with Gasteiger partial charge in [-0.1, -0.05) is 38.5 Å². The van der Waals surface area contributed by atoms with Crippen LogP contribution in [0, 0.1) is 59.2 Å². The maximum Gasteiger partial charge on any atom is 0.139 e. The van der Waals surface area contributed by atoms with Crippen molar-refractivity contribution in [3.63, 3.8) is 0 Å². The minimum atomic E-state index is 0.493. The van der Waals surface area contributed by atoms with Gasteiger partial charge in [0.15, 0.2) is 0 Å². The number of fused-ring (bicyclic) bond motifs is 5. The third kappa shape index (κ3) is 2.24. The van der Waals surface area contributed by atoms with Crippen LogP contribution in [0.25, 0.3) is 0 Å². The molecular weight excluding hydrogens is 316 g/mol. The first-order valence-electron chi connectivity index (χ1n) is 12.4. The average Bonchev–Trinajstić information content (AvgIpc) is 3.00. The molecule has 26 heavy (non-hydrogen) atoms. The molecule has 0 aromatic carbocycles. The molecule has 6 aliphatic carbocycles. The molecule has 1 heteroatoms. The quantitative estimate of drug-likeness (QED) is 0.502. The van der Waals surface area contributed by atoms with Gasteiger partial charge in [0.1, 0.15) is 5.78 Å². The zero-order valence-corrected chi connectivity index (χ0v) is 16.6. The van der Waals surface area contributed by atoms with E-state index in [1.165, 1.54) is 89.9 Å². The lowest BCUT2D eigenvalue weighted by molar-refractivity contribution is -0.126. The van der Waals surface area contributed by atoms with Crippen LogP contribution in [0.5, 0.6) is 0 Å². The summed E-state index contributed by atoms with van der Waals surface area (Å²) in [5.74, 6) is 9.32. The maximum atomic E-state index is 13.4. The number of ketones is 1. The highest BCUT2D eigenvalue weighted by Gasteiger charge is 2.61. The topological polar surface area (TPSA) is 17.1 Å². The average molecular weight is 355 g/mol. The van der Waals surface area contributed by atoms with E-state index < -0.39 is 0 Å². The van der Waals surface area contributed by atoms with E-state index in [-0.39, 0.29) is 0 Å². The van der Waals surface area contributed by atoms with Crippen molar-refractivity contribution in [2.24, 2.45) is 59.2 Å². The monoisotopic (exact) mass is 354 g/mol. The largest absolute Gasteiger partial charge is 0.299 e. The third-order valence-electron chi connectivity index (χ3n) is 10.6. The van der Waals surface area contributed by atoms with E-state index >= 15 is 0 Å². The van der Waals surface area contributed by atoms with Gasteiger partial charge in [0.05, 0.1) is 0 Å². The smallest absolute Gasteiger partial charge is 0.139 e. The Labute approximate surface area is 160 Å². The SMILES string of the molecule is O=C1C2CCCC3C4CCCCC4C4CCCCC4C4CCCC1C4C23. The van der Waals surface area contributed by atoms with Crippen LogP contribution in [0.15, 0.2) is 0 Å². The molecule has 0 N–H and O–H groups in total. The van der Waals surface area contributed by atoms with Gasteiger partial charge in [0.25, 0.3) is 0 Å². The molecule has 0 spiro atoms. The molecule has 6 rings (SSSR count). The summed E-state index contributed by atoms with van der Waals surface area (Å²) in [5.41, 5.74) is 0. The zero-order chi connectivity index (χ0) is 17.3. The highest BCUT2D eigenvalue weighted by Crippen LogP contribution is 2.65. The Hall–Kier alpha value is -0.330. The fraction of sp³-hybridized carbons (Fsp3) is 0.960. The summed E-state index contributed by atoms with van der Waals surface area (Å²) in [4.78, 5) is 13.4. The van der Waals surface area contributed by atoms with Crippen LogP contribution < -0.4 is 0 Å². The van der Waals surface area contributed by atoms with Gasteiger partial charge < -0.3 is 0 Å². The van der Waals surface area contributed by atoms with E-state index in [9.17, 15) is 4.79 Å². The van der Waals surface area contributed by atoms with Gasteiger partial charge in [-0.3, -0.25) is 4.79 Å². The van der Waals surface area contributed by atoms with Crippen molar-refractivity contribution in [3.8, 4) is 0 Å². The molecule has 0 aromatic rings. The summed E-state index contributed by atoms with van der Waals surface area (Å²) >= 11 is 0. The number of carbonyl (C=O) groups excluding carboxylic acids is 1. The molecule has 0 bridgehead atoms. The Bertz CT molecular complexity index is 519. The van der Waals surface area contributed by atoms with Crippen molar-refractivity contribution in [2.45, 2.75) is 89.9 Å². The van der Waals surface area contributed by atoms with Crippen LogP contribution in [-0.4, -0.2) is 5.78 Å². The highest BCUT2D eigenvalue weighted by molar-refractivity contribution is 5.86. The molecule has 6 saturated carbocycles. The summed E-state index contributed by atoms with van der Waals surface area (Å²) < 4.78 is 0. The number of hydrogen-bond acceptors (Lipinski definition) is 1. The highest BCUT2D eigenvalue weighted by atomic mass is 16.1. The minimum absolute atomic E-state index is 0.493. The first-order valence-corrected chi connectivity index (χ1v) is 12.4. The molecule has 10 unspecified atom stereocenters. The van der Waals surface area contributed by atoms with Crippen molar-refractivity contribution < 1.29 is 4.79 Å². The predicted octanol–water partition coefficient (Wildman–Crippen LogP) is 6.26. The van der Waals surface area contributed by atoms with Crippen molar-refractivity contribution in [1.29, 1.82) is 0 Å². The predicted molar refractivity (Wildman–Crippen MR) is 105 cm³/mol. The van der Waals surface area contributed by atoms with Crippen LogP contribution >= 0.6 is 0 Å². The molecule has 0 heterocycles. The Kier molecular flexibility index (Phi) is 4.05.